The fraction of sp³-hybridized carbons (Fsp3) is 0.538. The van der Waals surface area contributed by atoms with Crippen molar-refractivity contribution < 1.29 is 13.9 Å². The molecule has 1 rings (SSSR count). The van der Waals surface area contributed by atoms with Gasteiger partial charge in [-0.15, -0.1) is 0 Å². The van der Waals surface area contributed by atoms with E-state index in [9.17, 15) is 13.9 Å². The van der Waals surface area contributed by atoms with E-state index in [-0.39, 0.29) is 34.8 Å². The molecule has 18 heavy (non-hydrogen) atoms. The molecule has 0 fully saturated rings. The zero-order chi connectivity index (χ0) is 13.9. The van der Waals surface area contributed by atoms with E-state index < -0.39 is 17.7 Å². The minimum absolute atomic E-state index is 0.0723. The van der Waals surface area contributed by atoms with Crippen molar-refractivity contribution in [3.05, 3.63) is 33.8 Å². The summed E-state index contributed by atoms with van der Waals surface area (Å²) < 4.78 is 27.5. The van der Waals surface area contributed by atoms with Crippen LogP contribution in [0.25, 0.3) is 0 Å². The van der Waals surface area contributed by atoms with Crippen LogP contribution in [-0.4, -0.2) is 17.8 Å². The van der Waals surface area contributed by atoms with Crippen molar-refractivity contribution in [3.8, 4) is 0 Å². The molecule has 0 radical (unpaired) electrons. The third-order valence-electron chi connectivity index (χ3n) is 3.17. The van der Waals surface area contributed by atoms with Crippen molar-refractivity contribution in [1.29, 1.82) is 0 Å². The topological polar surface area (TPSA) is 46.2 Å². The number of benzene rings is 1. The quantitative estimate of drug-likeness (QED) is 0.819. The van der Waals surface area contributed by atoms with E-state index in [1.54, 1.807) is 0 Å². The van der Waals surface area contributed by atoms with Gasteiger partial charge in [0.1, 0.15) is 11.6 Å². The average molecular weight is 322 g/mol. The van der Waals surface area contributed by atoms with Gasteiger partial charge in [-0.3, -0.25) is 0 Å². The van der Waals surface area contributed by atoms with Crippen molar-refractivity contribution in [2.45, 2.75) is 26.4 Å². The molecule has 0 bridgehead atoms. The van der Waals surface area contributed by atoms with Crippen molar-refractivity contribution in [1.82, 2.24) is 0 Å². The second-order valence-electron chi connectivity index (χ2n) is 4.74. The maximum Gasteiger partial charge on any atom is 0.143 e. The molecule has 1 aromatic rings. The number of halogens is 3. The van der Waals surface area contributed by atoms with Crippen LogP contribution in [0.3, 0.4) is 0 Å². The molecule has 0 aliphatic heterocycles. The molecule has 0 saturated heterocycles. The molecule has 2 nitrogen and oxygen atoms in total. The van der Waals surface area contributed by atoms with Crippen molar-refractivity contribution in [2.75, 3.05) is 6.54 Å². The highest BCUT2D eigenvalue weighted by Gasteiger charge is 2.24. The Morgan fingerprint density at radius 1 is 1.33 bits per heavy atom. The zero-order valence-corrected chi connectivity index (χ0v) is 12.0. The summed E-state index contributed by atoms with van der Waals surface area (Å²) in [4.78, 5) is 0. The van der Waals surface area contributed by atoms with Gasteiger partial charge in [0, 0.05) is 12.0 Å². The predicted octanol–water partition coefficient (Wildman–Crippen LogP) is 2.86. The second-order valence-corrected chi connectivity index (χ2v) is 5.59. The van der Waals surface area contributed by atoms with Crippen LogP contribution in [0.2, 0.25) is 0 Å². The summed E-state index contributed by atoms with van der Waals surface area (Å²) in [6, 6.07) is 2.49. The highest BCUT2D eigenvalue weighted by Crippen LogP contribution is 2.25. The fourth-order valence-corrected chi connectivity index (χ4v) is 2.36. The first-order valence-electron chi connectivity index (χ1n) is 5.89. The molecule has 0 heterocycles. The molecule has 0 spiro atoms. The molecule has 0 aromatic heterocycles. The van der Waals surface area contributed by atoms with Crippen LogP contribution in [-0.2, 0) is 6.42 Å². The second kappa shape index (κ2) is 6.59. The molecule has 0 amide bonds. The van der Waals surface area contributed by atoms with Crippen LogP contribution in [0.1, 0.15) is 19.4 Å². The molecule has 5 heteroatoms. The average Bonchev–Trinajstić information content (AvgIpc) is 2.30. The number of hydrogen-bond donors (Lipinski definition) is 2. The van der Waals surface area contributed by atoms with E-state index in [1.165, 1.54) is 12.1 Å². The normalized spacial score (nSPS) is 14.9. The largest absolute Gasteiger partial charge is 0.392 e. The van der Waals surface area contributed by atoms with E-state index in [0.717, 1.165) is 0 Å². The first-order valence-corrected chi connectivity index (χ1v) is 6.68. The van der Waals surface area contributed by atoms with Gasteiger partial charge in [-0.25, -0.2) is 8.78 Å². The van der Waals surface area contributed by atoms with Crippen LogP contribution < -0.4 is 5.73 Å². The van der Waals surface area contributed by atoms with E-state index in [1.807, 2.05) is 13.8 Å². The van der Waals surface area contributed by atoms with Gasteiger partial charge < -0.3 is 10.8 Å². The summed E-state index contributed by atoms with van der Waals surface area (Å²) in [5, 5.41) is 10.0. The lowest BCUT2D eigenvalue weighted by molar-refractivity contribution is 0.0846. The van der Waals surface area contributed by atoms with Crippen molar-refractivity contribution >= 4 is 15.9 Å². The van der Waals surface area contributed by atoms with Crippen LogP contribution >= 0.6 is 15.9 Å². The molecule has 1 aromatic carbocycles. The molecule has 2 unspecified atom stereocenters. The SMILES string of the molecule is CC(C)C(CN)C(O)Cc1c(F)ccc(Br)c1F. The predicted molar refractivity (Wildman–Crippen MR) is 71.2 cm³/mol. The Bertz CT molecular complexity index is 412. The Morgan fingerprint density at radius 3 is 2.44 bits per heavy atom. The van der Waals surface area contributed by atoms with E-state index in [4.69, 9.17) is 5.73 Å². The monoisotopic (exact) mass is 321 g/mol. The summed E-state index contributed by atoms with van der Waals surface area (Å²) >= 11 is 3.01. The Morgan fingerprint density at radius 2 is 1.94 bits per heavy atom. The zero-order valence-electron chi connectivity index (χ0n) is 10.5. The number of aliphatic hydroxyl groups excluding tert-OH is 1. The molecule has 102 valence electrons. The summed E-state index contributed by atoms with van der Waals surface area (Å²) in [5.74, 6) is -1.33. The number of nitrogens with two attached hydrogens (primary N) is 1. The third kappa shape index (κ3) is 3.49. The molecule has 0 saturated carbocycles. The minimum atomic E-state index is -0.853. The summed E-state index contributed by atoms with van der Waals surface area (Å²) in [6.45, 7) is 4.14. The lowest BCUT2D eigenvalue weighted by Crippen LogP contribution is -2.34. The van der Waals surface area contributed by atoms with Crippen molar-refractivity contribution in [2.24, 2.45) is 17.6 Å². The Balaban J connectivity index is 2.94. The minimum Gasteiger partial charge on any atom is -0.392 e. The lowest BCUT2D eigenvalue weighted by atomic mass is 9.87. The van der Waals surface area contributed by atoms with Crippen molar-refractivity contribution in [3.63, 3.8) is 0 Å². The van der Waals surface area contributed by atoms with Gasteiger partial charge in [-0.2, -0.15) is 0 Å². The van der Waals surface area contributed by atoms with E-state index in [2.05, 4.69) is 15.9 Å². The Hall–Kier alpha value is -0.520. The summed E-state index contributed by atoms with van der Waals surface area (Å²) in [5.41, 5.74) is 5.48. The molecule has 0 aliphatic carbocycles. The van der Waals surface area contributed by atoms with Gasteiger partial charge in [0.05, 0.1) is 10.6 Å². The number of hydrogen-bond acceptors (Lipinski definition) is 2. The molecule has 2 atom stereocenters. The first-order chi connectivity index (χ1) is 8.38. The Kier molecular flexibility index (Phi) is 5.69. The van der Waals surface area contributed by atoms with E-state index in [0.29, 0.717) is 0 Å². The van der Waals surface area contributed by atoms with Gasteiger partial charge in [0.25, 0.3) is 0 Å². The standard InChI is InChI=1S/C13H18BrF2NO/c1-7(2)9(6-17)12(18)5-8-11(15)4-3-10(14)13(8)16/h3-4,7,9,12,18H,5-6,17H2,1-2H3. The first kappa shape index (κ1) is 15.5. The van der Waals surface area contributed by atoms with Crippen LogP contribution in [0.5, 0.6) is 0 Å². The summed E-state index contributed by atoms with van der Waals surface area (Å²) in [6.07, 6.45) is -0.926. The number of rotatable bonds is 5. The summed E-state index contributed by atoms with van der Waals surface area (Å²) in [7, 11) is 0. The maximum absolute atomic E-state index is 13.8. The number of aliphatic hydroxyl groups is 1. The van der Waals surface area contributed by atoms with E-state index >= 15 is 0 Å². The van der Waals surface area contributed by atoms with Gasteiger partial charge in [0.2, 0.25) is 0 Å². The highest BCUT2D eigenvalue weighted by atomic mass is 79.9. The van der Waals surface area contributed by atoms with Gasteiger partial charge >= 0.3 is 0 Å². The molecular weight excluding hydrogens is 304 g/mol. The molecular formula is C13H18BrF2NO. The maximum atomic E-state index is 13.8. The van der Waals surface area contributed by atoms with Gasteiger partial charge in [-0.05, 0) is 46.4 Å². The molecule has 3 N–H and O–H groups in total. The smallest absolute Gasteiger partial charge is 0.143 e. The lowest BCUT2D eigenvalue weighted by Gasteiger charge is -2.25. The van der Waals surface area contributed by atoms with Crippen LogP contribution in [0.15, 0.2) is 16.6 Å². The molecule has 0 aliphatic rings. The van der Waals surface area contributed by atoms with Gasteiger partial charge in [0.15, 0.2) is 0 Å². The van der Waals surface area contributed by atoms with Gasteiger partial charge in [-0.1, -0.05) is 13.8 Å². The Labute approximate surface area is 114 Å². The highest BCUT2D eigenvalue weighted by molar-refractivity contribution is 9.10. The fourth-order valence-electron chi connectivity index (χ4n) is 1.99. The third-order valence-corrected chi connectivity index (χ3v) is 3.79. The van der Waals surface area contributed by atoms with Crippen LogP contribution in [0, 0.1) is 23.5 Å². The van der Waals surface area contributed by atoms with Crippen LogP contribution in [0.4, 0.5) is 8.78 Å².